The number of amides is 2. The van der Waals surface area contributed by atoms with Crippen LogP contribution in [0.1, 0.15) is 27.2 Å². The number of hydrogen-bond acceptors (Lipinski definition) is 3. The first kappa shape index (κ1) is 13.4. The van der Waals surface area contributed by atoms with Crippen molar-refractivity contribution in [1.29, 1.82) is 0 Å². The Balaban J connectivity index is 2.85. The second-order valence-electron chi connectivity index (χ2n) is 4.20. The summed E-state index contributed by atoms with van der Waals surface area (Å²) in [6.07, 6.45) is 2.66. The van der Waals surface area contributed by atoms with Crippen LogP contribution in [-0.4, -0.2) is 46.8 Å². The molecule has 0 saturated carbocycles. The van der Waals surface area contributed by atoms with Gasteiger partial charge >= 0.3 is 0 Å². The van der Waals surface area contributed by atoms with Crippen LogP contribution in [-0.2, 0) is 9.59 Å². The summed E-state index contributed by atoms with van der Waals surface area (Å²) in [5.41, 5.74) is 0. The van der Waals surface area contributed by atoms with E-state index in [0.29, 0.717) is 6.42 Å². The molecule has 1 aliphatic heterocycles. The zero-order valence-corrected chi connectivity index (χ0v) is 11.1. The largest absolute Gasteiger partial charge is 0.343 e. The van der Waals surface area contributed by atoms with Crippen LogP contribution in [0, 0.1) is 0 Å². The summed E-state index contributed by atoms with van der Waals surface area (Å²) in [6, 6.07) is -0.581. The molecule has 0 bridgehead atoms. The van der Waals surface area contributed by atoms with Gasteiger partial charge in [-0.25, -0.2) is 0 Å². The normalized spacial score (nSPS) is 27.9. The second-order valence-corrected chi connectivity index (χ2v) is 5.11. The Labute approximate surface area is 101 Å². The smallest absolute Gasteiger partial charge is 0.246 e. The summed E-state index contributed by atoms with van der Waals surface area (Å²) >= 11 is 1.69. The van der Waals surface area contributed by atoms with Crippen LogP contribution >= 0.6 is 11.8 Å². The van der Waals surface area contributed by atoms with Crippen molar-refractivity contribution in [1.82, 2.24) is 10.2 Å². The monoisotopic (exact) mass is 244 g/mol. The van der Waals surface area contributed by atoms with E-state index in [2.05, 4.69) is 5.32 Å². The molecule has 16 heavy (non-hydrogen) atoms. The van der Waals surface area contributed by atoms with E-state index in [0.717, 1.165) is 5.75 Å². The third-order valence-electron chi connectivity index (χ3n) is 2.96. The van der Waals surface area contributed by atoms with Crippen molar-refractivity contribution in [2.45, 2.75) is 45.3 Å². The van der Waals surface area contributed by atoms with Crippen LogP contribution in [0.4, 0.5) is 0 Å². The minimum absolute atomic E-state index is 0.0422. The van der Waals surface area contributed by atoms with Gasteiger partial charge in [0.2, 0.25) is 11.8 Å². The lowest BCUT2D eigenvalue weighted by molar-refractivity contribution is -0.150. The minimum atomic E-state index is -0.350. The van der Waals surface area contributed by atoms with Gasteiger partial charge in [0.25, 0.3) is 0 Å². The number of nitrogens with one attached hydrogen (secondary N) is 1. The lowest BCUT2D eigenvalue weighted by Crippen LogP contribution is -2.64. The van der Waals surface area contributed by atoms with Gasteiger partial charge in [-0.1, -0.05) is 6.92 Å². The molecule has 1 fully saturated rings. The maximum atomic E-state index is 12.1. The van der Waals surface area contributed by atoms with Gasteiger partial charge in [-0.05, 0) is 26.5 Å². The van der Waals surface area contributed by atoms with Gasteiger partial charge in [-0.2, -0.15) is 11.8 Å². The first-order chi connectivity index (χ1) is 7.52. The molecule has 0 aliphatic carbocycles. The molecule has 0 aromatic carbocycles. The highest BCUT2D eigenvalue weighted by Crippen LogP contribution is 2.17. The van der Waals surface area contributed by atoms with E-state index in [1.807, 2.05) is 20.1 Å². The van der Waals surface area contributed by atoms with Crippen LogP contribution in [0.2, 0.25) is 0 Å². The van der Waals surface area contributed by atoms with Crippen LogP contribution < -0.4 is 5.32 Å². The van der Waals surface area contributed by atoms with Gasteiger partial charge in [0.15, 0.2) is 0 Å². The zero-order valence-electron chi connectivity index (χ0n) is 10.3. The number of carbonyl (C=O) groups is 2. The Morgan fingerprint density at radius 1 is 1.50 bits per heavy atom. The highest BCUT2D eigenvalue weighted by Gasteiger charge is 2.39. The van der Waals surface area contributed by atoms with Gasteiger partial charge in [0, 0.05) is 11.8 Å². The number of piperazine rings is 1. The van der Waals surface area contributed by atoms with Crippen LogP contribution in [0.15, 0.2) is 0 Å². The van der Waals surface area contributed by atoms with E-state index >= 15 is 0 Å². The van der Waals surface area contributed by atoms with Gasteiger partial charge in [-0.3, -0.25) is 9.59 Å². The van der Waals surface area contributed by atoms with Gasteiger partial charge in [0.05, 0.1) is 0 Å². The first-order valence-electron chi connectivity index (χ1n) is 5.64. The minimum Gasteiger partial charge on any atom is -0.343 e. The molecular formula is C11H20N2O2S. The third kappa shape index (κ3) is 2.51. The van der Waals surface area contributed by atoms with Crippen molar-refractivity contribution < 1.29 is 9.59 Å². The summed E-state index contributed by atoms with van der Waals surface area (Å²) in [6.45, 7) is 5.70. The fraction of sp³-hybridized carbons (Fsp3) is 0.818. The molecule has 0 aromatic heterocycles. The van der Waals surface area contributed by atoms with Crippen molar-refractivity contribution in [3.63, 3.8) is 0 Å². The molecular weight excluding hydrogens is 224 g/mol. The van der Waals surface area contributed by atoms with Crippen molar-refractivity contribution >= 4 is 23.6 Å². The fourth-order valence-corrected chi connectivity index (χ4v) is 2.69. The Morgan fingerprint density at radius 2 is 2.12 bits per heavy atom. The van der Waals surface area contributed by atoms with Gasteiger partial charge in [-0.15, -0.1) is 0 Å². The maximum Gasteiger partial charge on any atom is 0.246 e. The van der Waals surface area contributed by atoms with E-state index in [1.54, 1.807) is 23.6 Å². The predicted octanol–water partition coefficient (Wildman–Crippen LogP) is 0.863. The molecule has 3 atom stereocenters. The van der Waals surface area contributed by atoms with E-state index in [9.17, 15) is 9.59 Å². The number of nitrogens with zero attached hydrogens (tertiary/aromatic N) is 1. The van der Waals surface area contributed by atoms with Crippen molar-refractivity contribution in [3.05, 3.63) is 0 Å². The first-order valence-corrected chi connectivity index (χ1v) is 7.03. The molecule has 3 unspecified atom stereocenters. The molecule has 1 rings (SSSR count). The quantitative estimate of drug-likeness (QED) is 0.798. The van der Waals surface area contributed by atoms with E-state index < -0.39 is 0 Å². The van der Waals surface area contributed by atoms with Crippen molar-refractivity contribution in [2.24, 2.45) is 0 Å². The average molecular weight is 244 g/mol. The lowest BCUT2D eigenvalue weighted by Gasteiger charge is -2.40. The topological polar surface area (TPSA) is 49.4 Å². The molecule has 1 aliphatic rings. The van der Waals surface area contributed by atoms with E-state index in [1.165, 1.54) is 0 Å². The van der Waals surface area contributed by atoms with Crippen molar-refractivity contribution in [3.8, 4) is 0 Å². The zero-order chi connectivity index (χ0) is 12.3. The number of rotatable bonds is 4. The molecule has 0 radical (unpaired) electrons. The molecule has 1 heterocycles. The summed E-state index contributed by atoms with van der Waals surface area (Å²) in [5.74, 6) is 0.871. The summed E-state index contributed by atoms with van der Waals surface area (Å²) in [4.78, 5) is 25.6. The molecule has 92 valence electrons. The average Bonchev–Trinajstić information content (AvgIpc) is 2.24. The Kier molecular flexibility index (Phi) is 4.65. The molecule has 0 aromatic rings. The molecule has 5 heteroatoms. The summed E-state index contributed by atoms with van der Waals surface area (Å²) in [7, 11) is 0. The Morgan fingerprint density at radius 3 is 2.62 bits per heavy atom. The van der Waals surface area contributed by atoms with Gasteiger partial charge in [0.1, 0.15) is 12.1 Å². The molecule has 4 nitrogen and oxygen atoms in total. The number of carbonyl (C=O) groups excluding carboxylic acids is 2. The Hall–Kier alpha value is -0.710. The number of hydrogen-bond donors (Lipinski definition) is 1. The highest BCUT2D eigenvalue weighted by atomic mass is 32.2. The molecule has 1 saturated heterocycles. The molecule has 1 N–H and O–H groups in total. The maximum absolute atomic E-state index is 12.1. The van der Waals surface area contributed by atoms with E-state index in [-0.39, 0.29) is 29.9 Å². The Bertz CT molecular complexity index is 283. The second kappa shape index (κ2) is 5.57. The summed E-state index contributed by atoms with van der Waals surface area (Å²) in [5, 5.41) is 2.76. The molecule has 2 amide bonds. The number of thioether (sulfide) groups is 1. The lowest BCUT2D eigenvalue weighted by atomic mass is 10.0. The van der Waals surface area contributed by atoms with Crippen LogP contribution in [0.5, 0.6) is 0 Å². The van der Waals surface area contributed by atoms with Crippen LogP contribution in [0.3, 0.4) is 0 Å². The molecule has 0 spiro atoms. The van der Waals surface area contributed by atoms with Crippen molar-refractivity contribution in [2.75, 3.05) is 12.0 Å². The van der Waals surface area contributed by atoms with Gasteiger partial charge < -0.3 is 10.2 Å². The SMILES string of the molecule is CCC1NC(=O)C(C)N(C(C)CSC)C1=O. The standard InChI is InChI=1S/C11H20N2O2S/c1-5-9-11(15)13(7(2)6-16-4)8(3)10(14)12-9/h7-9H,5-6H2,1-4H3,(H,12,14). The van der Waals surface area contributed by atoms with E-state index in [4.69, 9.17) is 0 Å². The highest BCUT2D eigenvalue weighted by molar-refractivity contribution is 7.98. The summed E-state index contributed by atoms with van der Waals surface area (Å²) < 4.78 is 0. The third-order valence-corrected chi connectivity index (χ3v) is 3.77. The fourth-order valence-electron chi connectivity index (χ4n) is 2.05. The van der Waals surface area contributed by atoms with Crippen LogP contribution in [0.25, 0.3) is 0 Å². The predicted molar refractivity (Wildman–Crippen MR) is 66.4 cm³/mol.